The number of rotatable bonds is 4. The molecule has 5 rings (SSSR count). The SMILES string of the molecule is O=c1[nH]c(SCc2ccccc2F)n[n+]2c1-c1ccccc1N[C@H]2c1ccc(O)c(Cl)c1. The minimum absolute atomic E-state index is 0.0307. The van der Waals surface area contributed by atoms with Crippen LogP contribution >= 0.6 is 23.4 Å². The van der Waals surface area contributed by atoms with Crippen LogP contribution in [0.2, 0.25) is 5.02 Å². The third kappa shape index (κ3) is 3.72. The van der Waals surface area contributed by atoms with Gasteiger partial charge in [0.05, 0.1) is 16.3 Å². The summed E-state index contributed by atoms with van der Waals surface area (Å²) in [5.41, 5.74) is 2.82. The molecule has 0 spiro atoms. The van der Waals surface area contributed by atoms with Crippen molar-refractivity contribution < 1.29 is 14.2 Å². The number of benzene rings is 3. The largest absolute Gasteiger partial charge is 0.506 e. The van der Waals surface area contributed by atoms with Gasteiger partial charge in [0.15, 0.2) is 0 Å². The van der Waals surface area contributed by atoms with E-state index in [0.29, 0.717) is 27.7 Å². The molecule has 2 heterocycles. The number of aromatic amines is 1. The Morgan fingerprint density at radius 2 is 1.91 bits per heavy atom. The lowest BCUT2D eigenvalue weighted by Gasteiger charge is -2.22. The lowest BCUT2D eigenvalue weighted by atomic mass is 10.0. The number of fused-ring (bicyclic) bond motifs is 3. The first-order valence-electron chi connectivity index (χ1n) is 9.78. The van der Waals surface area contributed by atoms with Gasteiger partial charge in [0.1, 0.15) is 11.6 Å². The number of phenolic OH excluding ortho intramolecular Hbond substituents is 1. The summed E-state index contributed by atoms with van der Waals surface area (Å²) < 4.78 is 15.6. The van der Waals surface area contributed by atoms with Crippen molar-refractivity contribution in [2.24, 2.45) is 0 Å². The number of halogens is 2. The number of thioether (sulfide) groups is 1. The molecule has 9 heteroatoms. The van der Waals surface area contributed by atoms with Crippen molar-refractivity contribution in [2.75, 3.05) is 5.32 Å². The highest BCUT2D eigenvalue weighted by atomic mass is 35.5. The van der Waals surface area contributed by atoms with Crippen molar-refractivity contribution >= 4 is 29.1 Å². The Bertz CT molecular complexity index is 1390. The van der Waals surface area contributed by atoms with Crippen molar-refractivity contribution in [3.63, 3.8) is 0 Å². The smallest absolute Gasteiger partial charge is 0.325 e. The molecule has 160 valence electrons. The first kappa shape index (κ1) is 20.5. The second-order valence-electron chi connectivity index (χ2n) is 7.24. The standard InChI is InChI=1S/C23H16ClFN4O2S/c24-16-11-13(9-10-19(16)30)21-26-18-8-4-2-6-15(18)20-22(31)27-23(28-29(20)21)32-12-14-5-1-3-7-17(14)25/h1-11,21H,12H2,(H2,27,28,30,31)/p+1/t21-/m1/s1. The molecule has 6 nitrogen and oxygen atoms in total. The third-order valence-corrected chi connectivity index (χ3v) is 6.41. The van der Waals surface area contributed by atoms with E-state index in [9.17, 15) is 14.3 Å². The van der Waals surface area contributed by atoms with E-state index in [0.717, 1.165) is 11.3 Å². The van der Waals surface area contributed by atoms with Gasteiger partial charge < -0.3 is 10.4 Å². The van der Waals surface area contributed by atoms with Gasteiger partial charge >= 0.3 is 11.3 Å². The van der Waals surface area contributed by atoms with Crippen molar-refractivity contribution in [3.8, 4) is 17.0 Å². The van der Waals surface area contributed by atoms with Crippen LogP contribution in [0.5, 0.6) is 5.75 Å². The summed E-state index contributed by atoms with van der Waals surface area (Å²) in [7, 11) is 0. The van der Waals surface area contributed by atoms with E-state index in [1.54, 1.807) is 35.0 Å². The topological polar surface area (TPSA) is 81.9 Å². The van der Waals surface area contributed by atoms with Crippen LogP contribution in [0.1, 0.15) is 17.3 Å². The maximum Gasteiger partial charge on any atom is 0.325 e. The number of hydrogen-bond donors (Lipinski definition) is 3. The van der Waals surface area contributed by atoms with E-state index in [-0.39, 0.29) is 22.1 Å². The molecule has 0 fully saturated rings. The molecule has 4 aromatic rings. The maximum atomic E-state index is 14.0. The quantitative estimate of drug-likeness (QED) is 0.304. The number of H-pyrrole nitrogens is 1. The lowest BCUT2D eigenvalue weighted by Crippen LogP contribution is -2.55. The summed E-state index contributed by atoms with van der Waals surface area (Å²) in [5.74, 6) is -0.0219. The number of nitrogens with one attached hydrogen (secondary N) is 2. The van der Waals surface area contributed by atoms with Gasteiger partial charge in [-0.05, 0) is 46.6 Å². The molecule has 0 saturated heterocycles. The van der Waals surface area contributed by atoms with Crippen LogP contribution in [-0.4, -0.2) is 15.2 Å². The van der Waals surface area contributed by atoms with E-state index in [1.807, 2.05) is 24.3 Å². The molecule has 3 N–H and O–H groups in total. The van der Waals surface area contributed by atoms with Crippen LogP contribution < -0.4 is 15.6 Å². The summed E-state index contributed by atoms with van der Waals surface area (Å²) >= 11 is 7.38. The summed E-state index contributed by atoms with van der Waals surface area (Å²) in [6.07, 6.45) is -0.534. The molecule has 0 amide bonds. The zero-order valence-electron chi connectivity index (χ0n) is 16.5. The van der Waals surface area contributed by atoms with E-state index >= 15 is 0 Å². The molecule has 0 aliphatic carbocycles. The first-order chi connectivity index (χ1) is 15.5. The fraction of sp³-hybridized carbons (Fsp3) is 0.0870. The highest BCUT2D eigenvalue weighted by molar-refractivity contribution is 7.98. The fourth-order valence-electron chi connectivity index (χ4n) is 3.63. The number of aromatic hydroxyl groups is 1. The number of phenols is 1. The van der Waals surface area contributed by atoms with Crippen molar-refractivity contribution in [1.29, 1.82) is 0 Å². The van der Waals surface area contributed by atoms with Crippen LogP contribution in [0.15, 0.2) is 76.7 Å². The number of nitrogens with zero attached hydrogens (tertiary/aromatic N) is 2. The molecule has 1 aliphatic heterocycles. The van der Waals surface area contributed by atoms with Gasteiger partial charge in [-0.15, -0.1) is 0 Å². The maximum absolute atomic E-state index is 14.0. The number of para-hydroxylation sites is 1. The summed E-state index contributed by atoms with van der Waals surface area (Å²) in [6, 6.07) is 18.8. The predicted molar refractivity (Wildman–Crippen MR) is 121 cm³/mol. The second kappa shape index (κ2) is 8.29. The van der Waals surface area contributed by atoms with Crippen molar-refractivity contribution in [2.45, 2.75) is 17.1 Å². The minimum Gasteiger partial charge on any atom is -0.506 e. The first-order valence-corrected chi connectivity index (χ1v) is 11.1. The minimum atomic E-state index is -0.534. The predicted octanol–water partition coefficient (Wildman–Crippen LogP) is 4.49. The molecule has 1 aliphatic rings. The van der Waals surface area contributed by atoms with E-state index in [4.69, 9.17) is 11.6 Å². The fourth-order valence-corrected chi connectivity index (χ4v) is 4.66. The average Bonchev–Trinajstić information content (AvgIpc) is 2.79. The van der Waals surface area contributed by atoms with Crippen LogP contribution in [0.3, 0.4) is 0 Å². The number of hydrogen-bond acceptors (Lipinski definition) is 5. The Morgan fingerprint density at radius 3 is 2.72 bits per heavy atom. The van der Waals surface area contributed by atoms with Gasteiger partial charge in [0.2, 0.25) is 5.16 Å². The number of anilines is 1. The van der Waals surface area contributed by atoms with E-state index in [2.05, 4.69) is 15.4 Å². The van der Waals surface area contributed by atoms with Crippen LogP contribution in [0.4, 0.5) is 10.1 Å². The Kier molecular flexibility index (Phi) is 5.32. The van der Waals surface area contributed by atoms with Gasteiger partial charge in [0.25, 0.3) is 6.17 Å². The third-order valence-electron chi connectivity index (χ3n) is 5.19. The molecular formula is C23H17ClFN4O2S+. The monoisotopic (exact) mass is 467 g/mol. The zero-order valence-corrected chi connectivity index (χ0v) is 18.1. The summed E-state index contributed by atoms with van der Waals surface area (Å²) in [6.45, 7) is 0. The highest BCUT2D eigenvalue weighted by Gasteiger charge is 2.37. The molecule has 0 radical (unpaired) electrons. The van der Waals surface area contributed by atoms with Crippen LogP contribution in [-0.2, 0) is 5.75 Å². The Hall–Kier alpha value is -3.36. The van der Waals surface area contributed by atoms with Gasteiger partial charge in [-0.3, -0.25) is 9.78 Å². The Morgan fingerprint density at radius 1 is 1.12 bits per heavy atom. The molecule has 32 heavy (non-hydrogen) atoms. The molecule has 0 saturated carbocycles. The molecule has 0 bridgehead atoms. The molecule has 1 aromatic heterocycles. The van der Waals surface area contributed by atoms with Gasteiger partial charge in [-0.25, -0.2) is 4.39 Å². The van der Waals surface area contributed by atoms with Gasteiger partial charge in [-0.1, -0.05) is 53.7 Å². The molecule has 3 aromatic carbocycles. The summed E-state index contributed by atoms with van der Waals surface area (Å²) in [5, 5.41) is 18.4. The van der Waals surface area contributed by atoms with Gasteiger partial charge in [-0.2, -0.15) is 0 Å². The molecule has 0 unspecified atom stereocenters. The summed E-state index contributed by atoms with van der Waals surface area (Å²) in [4.78, 5) is 15.9. The van der Waals surface area contributed by atoms with Gasteiger partial charge in [0, 0.05) is 16.4 Å². The zero-order chi connectivity index (χ0) is 22.2. The molecule has 1 atom stereocenters. The van der Waals surface area contributed by atoms with E-state index < -0.39 is 6.17 Å². The Balaban J connectivity index is 1.60. The molecular weight excluding hydrogens is 451 g/mol. The number of aromatic nitrogens is 3. The lowest BCUT2D eigenvalue weighted by molar-refractivity contribution is -0.759. The van der Waals surface area contributed by atoms with Crippen molar-refractivity contribution in [1.82, 2.24) is 10.1 Å². The Labute approximate surface area is 191 Å². The normalized spacial score (nSPS) is 14.4. The van der Waals surface area contributed by atoms with E-state index in [1.165, 1.54) is 23.9 Å². The van der Waals surface area contributed by atoms with Crippen LogP contribution in [0, 0.1) is 5.82 Å². The van der Waals surface area contributed by atoms with Crippen LogP contribution in [0.25, 0.3) is 11.3 Å². The van der Waals surface area contributed by atoms with Crippen molar-refractivity contribution in [3.05, 3.63) is 99.1 Å². The average molecular weight is 468 g/mol. The highest BCUT2D eigenvalue weighted by Crippen LogP contribution is 2.34. The second-order valence-corrected chi connectivity index (χ2v) is 8.61.